The predicted octanol–water partition coefficient (Wildman–Crippen LogP) is 1.28. The van der Waals surface area contributed by atoms with E-state index in [0.29, 0.717) is 25.4 Å². The number of likely N-dealkylation sites (N-methyl/N-ethyl adjacent to an activating group) is 1. The van der Waals surface area contributed by atoms with Gasteiger partial charge in [0, 0.05) is 38.1 Å². The number of rotatable bonds is 11. The van der Waals surface area contributed by atoms with Gasteiger partial charge in [-0.15, -0.1) is 0 Å². The van der Waals surface area contributed by atoms with Crippen LogP contribution in [-0.4, -0.2) is 52.5 Å². The van der Waals surface area contributed by atoms with E-state index in [-0.39, 0.29) is 12.3 Å². The SMILES string of the molecule is CCCCOCCCn1cc(O)c(=O)cc1CN(C)CC(=O)O. The van der Waals surface area contributed by atoms with E-state index in [1.165, 1.54) is 12.3 Å². The van der Waals surface area contributed by atoms with Gasteiger partial charge in [-0.3, -0.25) is 14.5 Å². The monoisotopic (exact) mass is 326 g/mol. The molecule has 0 bridgehead atoms. The lowest BCUT2D eigenvalue weighted by atomic mass is 10.2. The van der Waals surface area contributed by atoms with Gasteiger partial charge in [-0.1, -0.05) is 13.3 Å². The number of aromatic hydroxyl groups is 1. The molecule has 0 saturated carbocycles. The summed E-state index contributed by atoms with van der Waals surface area (Å²) in [6.45, 7) is 4.24. The standard InChI is InChI=1S/C16H26N2O5/c1-3-4-7-23-8-5-6-18-11-15(20)14(19)9-13(18)10-17(2)12-16(21)22/h9,11,20H,3-8,10,12H2,1-2H3,(H,21,22). The first kappa shape index (κ1) is 19.2. The Kier molecular flexibility index (Phi) is 8.36. The minimum Gasteiger partial charge on any atom is -0.503 e. The van der Waals surface area contributed by atoms with Crippen LogP contribution in [0.25, 0.3) is 0 Å². The van der Waals surface area contributed by atoms with Gasteiger partial charge in [0.1, 0.15) is 0 Å². The number of nitrogens with zero attached hydrogens (tertiary/aromatic N) is 2. The van der Waals surface area contributed by atoms with Crippen molar-refractivity contribution in [3.05, 3.63) is 28.2 Å². The summed E-state index contributed by atoms with van der Waals surface area (Å²) < 4.78 is 7.27. The molecule has 0 aliphatic heterocycles. The summed E-state index contributed by atoms with van der Waals surface area (Å²) in [4.78, 5) is 24.0. The fourth-order valence-corrected chi connectivity index (χ4v) is 2.20. The van der Waals surface area contributed by atoms with E-state index in [1.807, 2.05) is 0 Å². The Morgan fingerprint density at radius 2 is 2.04 bits per heavy atom. The van der Waals surface area contributed by atoms with Crippen LogP contribution in [0.2, 0.25) is 0 Å². The fraction of sp³-hybridized carbons (Fsp3) is 0.625. The molecule has 0 aromatic carbocycles. The highest BCUT2D eigenvalue weighted by atomic mass is 16.5. The maximum Gasteiger partial charge on any atom is 0.317 e. The van der Waals surface area contributed by atoms with Crippen molar-refractivity contribution in [2.24, 2.45) is 0 Å². The number of unbranched alkanes of at least 4 members (excludes halogenated alkanes) is 1. The molecule has 1 aromatic rings. The Morgan fingerprint density at radius 1 is 1.35 bits per heavy atom. The zero-order valence-electron chi connectivity index (χ0n) is 13.8. The quantitative estimate of drug-likeness (QED) is 0.595. The predicted molar refractivity (Wildman–Crippen MR) is 86.7 cm³/mol. The summed E-state index contributed by atoms with van der Waals surface area (Å²) in [5, 5.41) is 18.4. The normalized spacial score (nSPS) is 11.1. The molecule has 7 nitrogen and oxygen atoms in total. The molecule has 0 amide bonds. The molecule has 0 atom stereocenters. The van der Waals surface area contributed by atoms with Crippen molar-refractivity contribution in [1.29, 1.82) is 0 Å². The van der Waals surface area contributed by atoms with Crippen LogP contribution < -0.4 is 5.43 Å². The first-order valence-corrected chi connectivity index (χ1v) is 7.84. The highest BCUT2D eigenvalue weighted by Crippen LogP contribution is 2.09. The maximum absolute atomic E-state index is 11.6. The minimum absolute atomic E-state index is 0.116. The number of hydrogen-bond acceptors (Lipinski definition) is 5. The van der Waals surface area contributed by atoms with E-state index in [4.69, 9.17) is 9.84 Å². The molecule has 1 rings (SSSR count). The van der Waals surface area contributed by atoms with Crippen molar-refractivity contribution >= 4 is 5.97 Å². The molecule has 0 saturated heterocycles. The number of pyridine rings is 1. The first-order valence-electron chi connectivity index (χ1n) is 7.84. The van der Waals surface area contributed by atoms with Gasteiger partial charge in [-0.25, -0.2) is 0 Å². The van der Waals surface area contributed by atoms with Crippen molar-refractivity contribution in [2.75, 3.05) is 26.8 Å². The van der Waals surface area contributed by atoms with Crippen LogP contribution in [0.1, 0.15) is 31.9 Å². The molecule has 130 valence electrons. The highest BCUT2D eigenvalue weighted by molar-refractivity contribution is 5.69. The second-order valence-electron chi connectivity index (χ2n) is 5.59. The van der Waals surface area contributed by atoms with Gasteiger partial charge >= 0.3 is 5.97 Å². The molecule has 0 unspecified atom stereocenters. The van der Waals surface area contributed by atoms with Gasteiger partial charge in [-0.05, 0) is 19.9 Å². The topological polar surface area (TPSA) is 92.0 Å². The molecule has 0 fully saturated rings. The smallest absolute Gasteiger partial charge is 0.317 e. The summed E-state index contributed by atoms with van der Waals surface area (Å²) >= 11 is 0. The number of carbonyl (C=O) groups is 1. The molecule has 0 aliphatic carbocycles. The molecule has 0 spiro atoms. The third-order valence-electron chi connectivity index (χ3n) is 3.36. The highest BCUT2D eigenvalue weighted by Gasteiger charge is 2.10. The van der Waals surface area contributed by atoms with Crippen LogP contribution in [-0.2, 0) is 22.6 Å². The van der Waals surface area contributed by atoms with Crippen molar-refractivity contribution in [3.8, 4) is 5.75 Å². The summed E-state index contributed by atoms with van der Waals surface area (Å²) in [6, 6.07) is 1.35. The maximum atomic E-state index is 11.6. The number of ether oxygens (including phenoxy) is 1. The molecule has 0 radical (unpaired) electrons. The lowest BCUT2D eigenvalue weighted by Crippen LogP contribution is -2.27. The summed E-state index contributed by atoms with van der Waals surface area (Å²) in [5.41, 5.74) is 0.212. The van der Waals surface area contributed by atoms with Crippen LogP contribution >= 0.6 is 0 Å². The number of aliphatic carboxylic acids is 1. The van der Waals surface area contributed by atoms with Gasteiger partial charge in [-0.2, -0.15) is 0 Å². The third kappa shape index (κ3) is 7.30. The van der Waals surface area contributed by atoms with Gasteiger partial charge in [0.05, 0.1) is 12.7 Å². The average molecular weight is 326 g/mol. The van der Waals surface area contributed by atoms with Gasteiger partial charge in [0.25, 0.3) is 0 Å². The number of carboxylic acids is 1. The molecule has 2 N–H and O–H groups in total. The molecule has 23 heavy (non-hydrogen) atoms. The Hall–Kier alpha value is -1.86. The van der Waals surface area contributed by atoms with Crippen molar-refractivity contribution in [2.45, 2.75) is 39.3 Å². The van der Waals surface area contributed by atoms with E-state index in [9.17, 15) is 14.7 Å². The third-order valence-corrected chi connectivity index (χ3v) is 3.36. The Labute approximate surface area is 136 Å². The van der Waals surface area contributed by atoms with Crippen LogP contribution in [0.4, 0.5) is 0 Å². The Balaban J connectivity index is 2.66. The zero-order chi connectivity index (χ0) is 17.2. The molecular formula is C16H26N2O5. The van der Waals surface area contributed by atoms with Crippen LogP contribution in [0, 0.1) is 0 Å². The molecule has 1 heterocycles. The second-order valence-corrected chi connectivity index (χ2v) is 5.59. The molecule has 1 aromatic heterocycles. The Morgan fingerprint density at radius 3 is 2.70 bits per heavy atom. The van der Waals surface area contributed by atoms with E-state index in [2.05, 4.69) is 6.92 Å². The fourth-order valence-electron chi connectivity index (χ4n) is 2.20. The summed E-state index contributed by atoms with van der Waals surface area (Å²) in [7, 11) is 1.67. The molecular weight excluding hydrogens is 300 g/mol. The van der Waals surface area contributed by atoms with Crippen LogP contribution in [0.5, 0.6) is 5.75 Å². The molecule has 0 aliphatic rings. The van der Waals surface area contributed by atoms with Crippen molar-refractivity contribution in [1.82, 2.24) is 9.47 Å². The van der Waals surface area contributed by atoms with Gasteiger partial charge < -0.3 is 19.5 Å². The first-order chi connectivity index (χ1) is 10.9. The van der Waals surface area contributed by atoms with Crippen LogP contribution in [0.15, 0.2) is 17.1 Å². The van der Waals surface area contributed by atoms with E-state index in [1.54, 1.807) is 16.5 Å². The zero-order valence-corrected chi connectivity index (χ0v) is 13.8. The largest absolute Gasteiger partial charge is 0.503 e. The van der Waals surface area contributed by atoms with E-state index >= 15 is 0 Å². The average Bonchev–Trinajstić information content (AvgIpc) is 2.46. The van der Waals surface area contributed by atoms with E-state index in [0.717, 1.165) is 25.9 Å². The lowest BCUT2D eigenvalue weighted by Gasteiger charge is -2.19. The number of hydrogen-bond donors (Lipinski definition) is 2. The van der Waals surface area contributed by atoms with Crippen molar-refractivity contribution < 1.29 is 19.7 Å². The minimum atomic E-state index is -0.926. The van der Waals surface area contributed by atoms with Crippen LogP contribution in [0.3, 0.4) is 0 Å². The Bertz CT molecular complexity index is 556. The summed E-state index contributed by atoms with van der Waals surface area (Å²) in [6.07, 6.45) is 4.28. The van der Waals surface area contributed by atoms with Gasteiger partial charge in [0.2, 0.25) is 5.43 Å². The molecule has 7 heteroatoms. The number of aromatic nitrogens is 1. The van der Waals surface area contributed by atoms with Gasteiger partial charge in [0.15, 0.2) is 5.75 Å². The van der Waals surface area contributed by atoms with E-state index < -0.39 is 11.4 Å². The lowest BCUT2D eigenvalue weighted by molar-refractivity contribution is -0.138. The summed E-state index contributed by atoms with van der Waals surface area (Å²) in [5.74, 6) is -1.23. The second kappa shape index (κ2) is 10.0. The number of aryl methyl sites for hydroxylation is 1. The van der Waals surface area contributed by atoms with Crippen molar-refractivity contribution in [3.63, 3.8) is 0 Å². The number of carboxylic acid groups (broad SMARTS) is 1.